The van der Waals surface area contributed by atoms with Crippen LogP contribution in [0.1, 0.15) is 5.56 Å². The summed E-state index contributed by atoms with van der Waals surface area (Å²) in [4.78, 5) is 2.12. The number of aromatic hydroxyl groups is 1. The smallest absolute Gasteiger partial charge is 0.160 e. The lowest BCUT2D eigenvalue weighted by Gasteiger charge is -2.16. The van der Waals surface area contributed by atoms with Crippen molar-refractivity contribution in [2.45, 2.75) is 6.54 Å². The lowest BCUT2D eigenvalue weighted by atomic mass is 10.2. The summed E-state index contributed by atoms with van der Waals surface area (Å²) >= 11 is 0. The van der Waals surface area contributed by atoms with Crippen LogP contribution < -0.4 is 10.5 Å². The number of hydrogen-bond donors (Lipinski definition) is 2. The highest BCUT2D eigenvalue weighted by Crippen LogP contribution is 2.26. The summed E-state index contributed by atoms with van der Waals surface area (Å²) in [6.45, 7) is 2.29. The van der Waals surface area contributed by atoms with Gasteiger partial charge in [-0.15, -0.1) is 0 Å². The van der Waals surface area contributed by atoms with Crippen molar-refractivity contribution >= 4 is 0 Å². The zero-order valence-electron chi connectivity index (χ0n) is 9.23. The second-order valence-corrected chi connectivity index (χ2v) is 3.53. The first-order valence-corrected chi connectivity index (χ1v) is 4.92. The van der Waals surface area contributed by atoms with Crippen LogP contribution in [-0.4, -0.2) is 37.3 Å². The minimum atomic E-state index is 0.169. The molecule has 3 N–H and O–H groups in total. The van der Waals surface area contributed by atoms with Gasteiger partial charge in [-0.1, -0.05) is 6.07 Å². The third-order valence-electron chi connectivity index (χ3n) is 2.21. The Morgan fingerprint density at radius 1 is 1.47 bits per heavy atom. The summed E-state index contributed by atoms with van der Waals surface area (Å²) in [6.07, 6.45) is 0. The van der Waals surface area contributed by atoms with Gasteiger partial charge in [0.1, 0.15) is 0 Å². The van der Waals surface area contributed by atoms with E-state index >= 15 is 0 Å². The highest BCUT2D eigenvalue weighted by molar-refractivity contribution is 5.41. The molecule has 0 aliphatic carbocycles. The van der Waals surface area contributed by atoms with E-state index in [1.807, 2.05) is 19.2 Å². The van der Waals surface area contributed by atoms with Gasteiger partial charge < -0.3 is 20.5 Å². The van der Waals surface area contributed by atoms with Crippen molar-refractivity contribution < 1.29 is 9.84 Å². The Morgan fingerprint density at radius 2 is 2.20 bits per heavy atom. The molecule has 4 nitrogen and oxygen atoms in total. The zero-order chi connectivity index (χ0) is 11.3. The molecule has 4 heteroatoms. The summed E-state index contributed by atoms with van der Waals surface area (Å²) in [5.74, 6) is 0.677. The Kier molecular flexibility index (Phi) is 4.39. The number of phenolic OH excluding ortho intramolecular Hbond substituents is 1. The van der Waals surface area contributed by atoms with E-state index < -0.39 is 0 Å². The third kappa shape index (κ3) is 3.42. The summed E-state index contributed by atoms with van der Waals surface area (Å²) < 4.78 is 5.03. The standard InChI is InChI=1S/C11H18N2O2/c1-13(6-5-12)8-9-3-4-10(14)11(7-9)15-2/h3-4,7,14H,5-6,8,12H2,1-2H3. The highest BCUT2D eigenvalue weighted by atomic mass is 16.5. The van der Waals surface area contributed by atoms with Gasteiger partial charge in [-0.3, -0.25) is 0 Å². The fraction of sp³-hybridized carbons (Fsp3) is 0.455. The molecule has 0 heterocycles. The monoisotopic (exact) mass is 210 g/mol. The molecule has 0 fully saturated rings. The minimum Gasteiger partial charge on any atom is -0.504 e. The fourth-order valence-electron chi connectivity index (χ4n) is 1.43. The summed E-state index contributed by atoms with van der Waals surface area (Å²) in [6, 6.07) is 5.36. The van der Waals surface area contributed by atoms with Gasteiger partial charge in [0, 0.05) is 19.6 Å². The SMILES string of the molecule is COc1cc(CN(C)CCN)ccc1O. The molecule has 0 unspecified atom stereocenters. The van der Waals surface area contributed by atoms with E-state index in [9.17, 15) is 5.11 Å². The number of nitrogens with two attached hydrogens (primary N) is 1. The Labute approximate surface area is 90.3 Å². The third-order valence-corrected chi connectivity index (χ3v) is 2.21. The quantitative estimate of drug-likeness (QED) is 0.754. The van der Waals surface area contributed by atoms with Crippen LogP contribution in [-0.2, 0) is 6.54 Å². The van der Waals surface area contributed by atoms with E-state index in [4.69, 9.17) is 10.5 Å². The lowest BCUT2D eigenvalue weighted by molar-refractivity contribution is 0.333. The van der Waals surface area contributed by atoms with Crippen molar-refractivity contribution in [3.05, 3.63) is 23.8 Å². The van der Waals surface area contributed by atoms with Gasteiger partial charge in [0.25, 0.3) is 0 Å². The van der Waals surface area contributed by atoms with Crippen LogP contribution in [0.3, 0.4) is 0 Å². The van der Waals surface area contributed by atoms with Crippen LogP contribution in [0.15, 0.2) is 18.2 Å². The van der Waals surface area contributed by atoms with Crippen LogP contribution in [0.4, 0.5) is 0 Å². The maximum atomic E-state index is 9.41. The number of hydrogen-bond acceptors (Lipinski definition) is 4. The molecule has 0 amide bonds. The van der Waals surface area contributed by atoms with Crippen molar-refractivity contribution in [1.82, 2.24) is 4.90 Å². The minimum absolute atomic E-state index is 0.169. The van der Waals surface area contributed by atoms with E-state index in [-0.39, 0.29) is 5.75 Å². The lowest BCUT2D eigenvalue weighted by Crippen LogP contribution is -2.24. The van der Waals surface area contributed by atoms with Crippen molar-refractivity contribution in [1.29, 1.82) is 0 Å². The van der Waals surface area contributed by atoms with Gasteiger partial charge in [0.05, 0.1) is 7.11 Å². The van der Waals surface area contributed by atoms with Gasteiger partial charge in [0.2, 0.25) is 0 Å². The van der Waals surface area contributed by atoms with Crippen molar-refractivity contribution in [2.75, 3.05) is 27.2 Å². The number of rotatable bonds is 5. The molecule has 84 valence electrons. The summed E-state index contributed by atoms with van der Waals surface area (Å²) in [5, 5.41) is 9.41. The molecule has 1 aromatic rings. The first-order valence-electron chi connectivity index (χ1n) is 4.92. The fourth-order valence-corrected chi connectivity index (χ4v) is 1.43. The molecule has 0 aliphatic rings. The molecule has 1 aromatic carbocycles. The molecular weight excluding hydrogens is 192 g/mol. The Hall–Kier alpha value is -1.26. The average molecular weight is 210 g/mol. The molecule has 0 atom stereocenters. The average Bonchev–Trinajstić information content (AvgIpc) is 2.21. The maximum absolute atomic E-state index is 9.41. The van der Waals surface area contributed by atoms with E-state index in [2.05, 4.69) is 4.90 Å². The molecule has 0 aliphatic heterocycles. The number of methoxy groups -OCH3 is 1. The van der Waals surface area contributed by atoms with Gasteiger partial charge >= 0.3 is 0 Å². The second-order valence-electron chi connectivity index (χ2n) is 3.53. The highest BCUT2D eigenvalue weighted by Gasteiger charge is 2.04. The predicted molar refractivity (Wildman–Crippen MR) is 60.0 cm³/mol. The van der Waals surface area contributed by atoms with Gasteiger partial charge in [0.15, 0.2) is 11.5 Å². The van der Waals surface area contributed by atoms with E-state index in [0.717, 1.165) is 18.7 Å². The van der Waals surface area contributed by atoms with Crippen molar-refractivity contribution in [3.8, 4) is 11.5 Å². The molecule has 0 saturated heterocycles. The maximum Gasteiger partial charge on any atom is 0.160 e. The first kappa shape index (κ1) is 11.8. The number of nitrogens with zero attached hydrogens (tertiary/aromatic N) is 1. The number of likely N-dealkylation sites (N-methyl/N-ethyl adjacent to an activating group) is 1. The van der Waals surface area contributed by atoms with Crippen LogP contribution in [0.2, 0.25) is 0 Å². The van der Waals surface area contributed by atoms with E-state index in [1.54, 1.807) is 13.2 Å². The summed E-state index contributed by atoms with van der Waals surface area (Å²) in [7, 11) is 3.55. The molecule has 0 radical (unpaired) electrons. The second kappa shape index (κ2) is 5.58. The first-order chi connectivity index (χ1) is 7.17. The largest absolute Gasteiger partial charge is 0.504 e. The molecule has 1 rings (SSSR count). The topological polar surface area (TPSA) is 58.7 Å². The van der Waals surface area contributed by atoms with Crippen LogP contribution in [0.5, 0.6) is 11.5 Å². The van der Waals surface area contributed by atoms with E-state index in [1.165, 1.54) is 0 Å². The van der Waals surface area contributed by atoms with E-state index in [0.29, 0.717) is 12.3 Å². The van der Waals surface area contributed by atoms with Gasteiger partial charge in [-0.25, -0.2) is 0 Å². The van der Waals surface area contributed by atoms with Crippen molar-refractivity contribution in [2.24, 2.45) is 5.73 Å². The summed E-state index contributed by atoms with van der Waals surface area (Å²) in [5.41, 5.74) is 6.55. The molecule has 0 bridgehead atoms. The number of ether oxygens (including phenoxy) is 1. The Balaban J connectivity index is 2.69. The van der Waals surface area contributed by atoms with Crippen LogP contribution >= 0.6 is 0 Å². The zero-order valence-corrected chi connectivity index (χ0v) is 9.23. The normalized spacial score (nSPS) is 10.7. The van der Waals surface area contributed by atoms with Gasteiger partial charge in [-0.2, -0.15) is 0 Å². The van der Waals surface area contributed by atoms with Gasteiger partial charge in [-0.05, 0) is 24.7 Å². The number of phenols is 1. The molecule has 15 heavy (non-hydrogen) atoms. The van der Waals surface area contributed by atoms with Crippen molar-refractivity contribution in [3.63, 3.8) is 0 Å². The predicted octanol–water partition coefficient (Wildman–Crippen LogP) is 0.791. The Bertz CT molecular complexity index is 315. The molecule has 0 saturated carbocycles. The molecule has 0 aromatic heterocycles. The molecule has 0 spiro atoms. The molecular formula is C11H18N2O2. The Morgan fingerprint density at radius 3 is 2.80 bits per heavy atom. The van der Waals surface area contributed by atoms with Crippen LogP contribution in [0, 0.1) is 0 Å². The number of benzene rings is 1. The van der Waals surface area contributed by atoms with Crippen LogP contribution in [0.25, 0.3) is 0 Å².